The Morgan fingerprint density at radius 2 is 2.28 bits per heavy atom. The Kier molecular flexibility index (Phi) is 2.68. The van der Waals surface area contributed by atoms with Crippen LogP contribution < -0.4 is 11.1 Å². The molecule has 0 amide bonds. The van der Waals surface area contributed by atoms with E-state index in [0.717, 1.165) is 34.1 Å². The Balaban J connectivity index is 2.13. The number of hydrogen-bond acceptors (Lipinski definition) is 4. The van der Waals surface area contributed by atoms with Gasteiger partial charge < -0.3 is 15.8 Å². The van der Waals surface area contributed by atoms with Crippen molar-refractivity contribution in [2.24, 2.45) is 0 Å². The second-order valence-electron chi connectivity index (χ2n) is 4.70. The van der Waals surface area contributed by atoms with Gasteiger partial charge in [-0.25, -0.2) is 0 Å². The van der Waals surface area contributed by atoms with Crippen molar-refractivity contribution in [3.05, 3.63) is 28.9 Å². The minimum Gasteiger partial charge on any atom is -0.396 e. The van der Waals surface area contributed by atoms with Crippen molar-refractivity contribution in [1.29, 1.82) is 0 Å². The van der Waals surface area contributed by atoms with Crippen molar-refractivity contribution >= 4 is 38.2 Å². The highest BCUT2D eigenvalue weighted by Crippen LogP contribution is 2.35. The number of anilines is 2. The summed E-state index contributed by atoms with van der Waals surface area (Å²) in [5.41, 5.74) is 8.16. The molecular weight excluding hydrogens is 294 g/mol. The van der Waals surface area contributed by atoms with E-state index in [9.17, 15) is 0 Å². The van der Waals surface area contributed by atoms with Crippen LogP contribution in [0.5, 0.6) is 0 Å². The van der Waals surface area contributed by atoms with Crippen LogP contribution in [0.25, 0.3) is 10.9 Å². The lowest BCUT2D eigenvalue weighted by Crippen LogP contribution is -2.47. The molecule has 1 aliphatic rings. The molecule has 4 nitrogen and oxygen atoms in total. The zero-order chi connectivity index (χ0) is 12.8. The van der Waals surface area contributed by atoms with Crippen LogP contribution in [0, 0.1) is 0 Å². The number of nitrogens with two attached hydrogens (primary N) is 1. The van der Waals surface area contributed by atoms with Gasteiger partial charge in [0, 0.05) is 16.3 Å². The van der Waals surface area contributed by atoms with Crippen LogP contribution in [-0.2, 0) is 4.74 Å². The molecular formula is C13H14BrN3O. The molecule has 0 bridgehead atoms. The molecule has 1 aliphatic heterocycles. The van der Waals surface area contributed by atoms with Crippen LogP contribution in [0.15, 0.2) is 28.9 Å². The number of nitrogens with one attached hydrogen (secondary N) is 1. The van der Waals surface area contributed by atoms with Crippen molar-refractivity contribution in [3.63, 3.8) is 0 Å². The molecule has 0 saturated carbocycles. The Labute approximate surface area is 114 Å². The lowest BCUT2D eigenvalue weighted by molar-refractivity contribution is -0.113. The van der Waals surface area contributed by atoms with Crippen molar-refractivity contribution in [3.8, 4) is 0 Å². The highest BCUT2D eigenvalue weighted by Gasteiger charge is 2.33. The number of hydrogen-bond donors (Lipinski definition) is 2. The number of aromatic nitrogens is 1. The summed E-state index contributed by atoms with van der Waals surface area (Å²) in [7, 11) is 0. The van der Waals surface area contributed by atoms with Gasteiger partial charge in [0.25, 0.3) is 0 Å². The molecule has 5 heteroatoms. The van der Waals surface area contributed by atoms with Crippen molar-refractivity contribution in [1.82, 2.24) is 4.98 Å². The SMILES string of the molecule is CC1(Nc2c(N)cnc3ccc(Br)cc23)CCO1. The zero-order valence-corrected chi connectivity index (χ0v) is 11.6. The summed E-state index contributed by atoms with van der Waals surface area (Å²) in [6, 6.07) is 5.95. The molecule has 94 valence electrons. The van der Waals surface area contributed by atoms with Gasteiger partial charge in [-0.3, -0.25) is 4.98 Å². The third kappa shape index (κ3) is 1.93. The van der Waals surface area contributed by atoms with E-state index < -0.39 is 0 Å². The lowest BCUT2D eigenvalue weighted by Gasteiger charge is -2.40. The minimum atomic E-state index is -0.315. The summed E-state index contributed by atoms with van der Waals surface area (Å²) in [6.07, 6.45) is 2.66. The number of rotatable bonds is 2. The van der Waals surface area contributed by atoms with E-state index in [1.165, 1.54) is 0 Å². The third-order valence-corrected chi connectivity index (χ3v) is 3.74. The summed E-state index contributed by atoms with van der Waals surface area (Å²) >= 11 is 3.47. The number of fused-ring (bicyclic) bond motifs is 1. The van der Waals surface area contributed by atoms with E-state index in [4.69, 9.17) is 10.5 Å². The summed E-state index contributed by atoms with van der Waals surface area (Å²) < 4.78 is 6.56. The molecule has 0 spiro atoms. The molecule has 0 radical (unpaired) electrons. The van der Waals surface area contributed by atoms with E-state index in [2.05, 4.69) is 26.2 Å². The van der Waals surface area contributed by atoms with Gasteiger partial charge in [-0.2, -0.15) is 0 Å². The maximum Gasteiger partial charge on any atom is 0.138 e. The van der Waals surface area contributed by atoms with Gasteiger partial charge >= 0.3 is 0 Å². The first-order valence-electron chi connectivity index (χ1n) is 5.83. The number of nitrogens with zero attached hydrogens (tertiary/aromatic N) is 1. The standard InChI is InChI=1S/C13H14BrN3O/c1-13(4-5-18-13)17-12-9-6-8(14)2-3-11(9)16-7-10(12)15/h2-3,6-7H,4-5,15H2,1H3,(H,16,17). The molecule has 18 heavy (non-hydrogen) atoms. The predicted octanol–water partition coefficient (Wildman–Crippen LogP) is 3.13. The van der Waals surface area contributed by atoms with E-state index in [1.807, 2.05) is 25.1 Å². The lowest BCUT2D eigenvalue weighted by atomic mass is 10.1. The summed E-state index contributed by atoms with van der Waals surface area (Å²) in [5.74, 6) is 0. The fourth-order valence-electron chi connectivity index (χ4n) is 2.09. The average Bonchev–Trinajstić information content (AvgIpc) is 2.31. The van der Waals surface area contributed by atoms with E-state index in [-0.39, 0.29) is 5.72 Å². The van der Waals surface area contributed by atoms with Gasteiger partial charge in [-0.15, -0.1) is 0 Å². The smallest absolute Gasteiger partial charge is 0.138 e. The van der Waals surface area contributed by atoms with Gasteiger partial charge in [0.15, 0.2) is 0 Å². The molecule has 3 N–H and O–H groups in total. The first kappa shape index (κ1) is 11.7. The summed E-state index contributed by atoms with van der Waals surface area (Å²) in [6.45, 7) is 2.82. The van der Waals surface area contributed by atoms with Crippen LogP contribution >= 0.6 is 15.9 Å². The normalized spacial score (nSPS) is 22.8. The van der Waals surface area contributed by atoms with Gasteiger partial charge in [0.2, 0.25) is 0 Å². The fraction of sp³-hybridized carbons (Fsp3) is 0.308. The molecule has 2 aromatic rings. The molecule has 3 rings (SSSR count). The Hall–Kier alpha value is -1.33. The zero-order valence-electron chi connectivity index (χ0n) is 10.0. The van der Waals surface area contributed by atoms with E-state index >= 15 is 0 Å². The number of pyridine rings is 1. The van der Waals surface area contributed by atoms with Crippen molar-refractivity contribution in [2.75, 3.05) is 17.7 Å². The number of benzene rings is 1. The molecule has 1 fully saturated rings. The molecule has 1 aromatic carbocycles. The molecule has 2 heterocycles. The minimum absolute atomic E-state index is 0.315. The summed E-state index contributed by atoms with van der Waals surface area (Å²) in [5, 5.41) is 4.39. The summed E-state index contributed by atoms with van der Waals surface area (Å²) in [4.78, 5) is 4.33. The van der Waals surface area contributed by atoms with Crippen molar-refractivity contribution < 1.29 is 4.74 Å². The first-order valence-corrected chi connectivity index (χ1v) is 6.63. The number of nitrogen functional groups attached to an aromatic ring is 1. The predicted molar refractivity (Wildman–Crippen MR) is 76.5 cm³/mol. The largest absolute Gasteiger partial charge is 0.396 e. The Morgan fingerprint density at radius 1 is 1.50 bits per heavy atom. The van der Waals surface area contributed by atoms with Crippen LogP contribution in [0.1, 0.15) is 13.3 Å². The third-order valence-electron chi connectivity index (χ3n) is 3.25. The van der Waals surface area contributed by atoms with Gasteiger partial charge in [-0.1, -0.05) is 15.9 Å². The quantitative estimate of drug-likeness (QED) is 0.895. The van der Waals surface area contributed by atoms with E-state index in [0.29, 0.717) is 5.69 Å². The highest BCUT2D eigenvalue weighted by molar-refractivity contribution is 9.10. The van der Waals surface area contributed by atoms with Crippen molar-refractivity contribution in [2.45, 2.75) is 19.1 Å². The second kappa shape index (κ2) is 4.10. The van der Waals surface area contributed by atoms with Gasteiger partial charge in [0.1, 0.15) is 5.72 Å². The fourth-order valence-corrected chi connectivity index (χ4v) is 2.45. The van der Waals surface area contributed by atoms with E-state index in [1.54, 1.807) is 6.20 Å². The molecule has 1 saturated heterocycles. The second-order valence-corrected chi connectivity index (χ2v) is 5.62. The number of halogens is 1. The Morgan fingerprint density at radius 3 is 2.94 bits per heavy atom. The molecule has 1 aromatic heterocycles. The number of ether oxygens (including phenoxy) is 1. The Bertz CT molecular complexity index is 605. The first-order chi connectivity index (χ1) is 8.57. The van der Waals surface area contributed by atoms with Crippen LogP contribution in [0.4, 0.5) is 11.4 Å². The highest BCUT2D eigenvalue weighted by atomic mass is 79.9. The molecule has 1 unspecified atom stereocenters. The molecule has 1 atom stereocenters. The average molecular weight is 308 g/mol. The monoisotopic (exact) mass is 307 g/mol. The van der Waals surface area contributed by atoms with Crippen LogP contribution in [0.3, 0.4) is 0 Å². The van der Waals surface area contributed by atoms with Crippen LogP contribution in [0.2, 0.25) is 0 Å². The van der Waals surface area contributed by atoms with Gasteiger partial charge in [-0.05, 0) is 25.1 Å². The maximum atomic E-state index is 6.03. The van der Waals surface area contributed by atoms with Gasteiger partial charge in [0.05, 0.1) is 29.7 Å². The molecule has 0 aliphatic carbocycles. The maximum absolute atomic E-state index is 6.03. The van der Waals surface area contributed by atoms with Crippen LogP contribution in [-0.4, -0.2) is 17.3 Å². The topological polar surface area (TPSA) is 60.2 Å².